The monoisotopic (exact) mass is 880 g/mol. The van der Waals surface area contributed by atoms with E-state index < -0.39 is 0 Å². The molecule has 6 nitrogen and oxygen atoms in total. The number of hydrogen-bond donors (Lipinski definition) is 0. The Morgan fingerprint density at radius 2 is 0.917 bits per heavy atom. The highest BCUT2D eigenvalue weighted by atomic mass is 35.5. The molecule has 0 aromatic heterocycles. The first-order chi connectivity index (χ1) is 28.7. The summed E-state index contributed by atoms with van der Waals surface area (Å²) in [4.78, 5) is 19.6. The van der Waals surface area contributed by atoms with E-state index in [1.807, 2.05) is 58.0 Å². The lowest BCUT2D eigenvalue weighted by molar-refractivity contribution is 0.351. The second-order valence-corrected chi connectivity index (χ2v) is 20.7. The van der Waals surface area contributed by atoms with Gasteiger partial charge in [0.2, 0.25) is 0 Å². The molecule has 318 valence electrons. The van der Waals surface area contributed by atoms with Gasteiger partial charge in [-0.1, -0.05) is 121 Å². The minimum Gasteiger partial charge on any atom is -0.374 e. The summed E-state index contributed by atoms with van der Waals surface area (Å²) in [6, 6.07) is 29.3. The molecule has 0 saturated heterocycles. The molecule has 0 amide bonds. The molecule has 0 radical (unpaired) electrons. The van der Waals surface area contributed by atoms with Crippen molar-refractivity contribution in [1.29, 1.82) is 0 Å². The molecule has 10 heteroatoms. The van der Waals surface area contributed by atoms with Crippen molar-refractivity contribution < 1.29 is 0 Å². The molecule has 60 heavy (non-hydrogen) atoms. The molecule has 4 aromatic rings. The first kappa shape index (κ1) is 46.0. The van der Waals surface area contributed by atoms with Crippen LogP contribution in [-0.2, 0) is 10.8 Å². The Hall–Kier alpha value is -3.50. The SMILES string of the molecule is CN(CCCN(C)c1ccccc1/C=C/C1=Nc2ccc(Cl)cc2C1(C)C)CCSSCCN(C)CCCN(C)c1ccccc1/C=C/C1=Nc2ccc(Cl)cc2C1(C)C. The molecule has 0 N–H and O–H groups in total. The summed E-state index contributed by atoms with van der Waals surface area (Å²) in [5.41, 5.74) is 11.0. The minimum absolute atomic E-state index is 0.184. The summed E-state index contributed by atoms with van der Waals surface area (Å²) >= 11 is 12.6. The number of aliphatic imine (C=N–C) groups is 2. The number of benzene rings is 4. The summed E-state index contributed by atoms with van der Waals surface area (Å²) in [6.45, 7) is 15.2. The molecular formula is C50H62Cl2N6S2. The predicted molar refractivity (Wildman–Crippen MR) is 270 cm³/mol. The topological polar surface area (TPSA) is 37.7 Å². The Kier molecular flexibility index (Phi) is 16.1. The third-order valence-electron chi connectivity index (χ3n) is 11.8. The zero-order valence-corrected chi connectivity index (χ0v) is 39.9. The number of rotatable bonds is 21. The van der Waals surface area contributed by atoms with Gasteiger partial charge in [0.05, 0.1) is 22.8 Å². The highest BCUT2D eigenvalue weighted by molar-refractivity contribution is 8.76. The predicted octanol–water partition coefficient (Wildman–Crippen LogP) is 12.7. The third-order valence-corrected chi connectivity index (χ3v) is 14.7. The zero-order valence-electron chi connectivity index (χ0n) is 36.7. The van der Waals surface area contributed by atoms with Gasteiger partial charge >= 0.3 is 0 Å². The number of para-hydroxylation sites is 2. The van der Waals surface area contributed by atoms with Crippen molar-refractivity contribution in [3.8, 4) is 0 Å². The maximum absolute atomic E-state index is 6.32. The number of allylic oxidation sites excluding steroid dienone is 2. The van der Waals surface area contributed by atoms with Crippen molar-refractivity contribution in [3.63, 3.8) is 0 Å². The van der Waals surface area contributed by atoms with Gasteiger partial charge in [-0.25, -0.2) is 0 Å². The van der Waals surface area contributed by atoms with E-state index in [2.05, 4.69) is 148 Å². The summed E-state index contributed by atoms with van der Waals surface area (Å²) < 4.78 is 0. The largest absolute Gasteiger partial charge is 0.374 e. The van der Waals surface area contributed by atoms with Gasteiger partial charge in [-0.3, -0.25) is 9.98 Å². The first-order valence-corrected chi connectivity index (χ1v) is 24.3. The van der Waals surface area contributed by atoms with Crippen molar-refractivity contribution in [1.82, 2.24) is 9.80 Å². The lowest BCUT2D eigenvalue weighted by Gasteiger charge is -2.24. The molecule has 0 fully saturated rings. The van der Waals surface area contributed by atoms with Crippen LogP contribution in [-0.4, -0.2) is 100 Å². The van der Waals surface area contributed by atoms with Crippen LogP contribution < -0.4 is 9.80 Å². The quantitative estimate of drug-likeness (QED) is 0.0613. The van der Waals surface area contributed by atoms with Crippen LogP contribution in [0, 0.1) is 0 Å². The normalized spacial score (nSPS) is 15.3. The van der Waals surface area contributed by atoms with E-state index in [1.54, 1.807) is 0 Å². The van der Waals surface area contributed by atoms with Crippen LogP contribution >= 0.6 is 44.8 Å². The molecule has 6 rings (SSSR count). The third kappa shape index (κ3) is 11.7. The lowest BCUT2D eigenvalue weighted by Crippen LogP contribution is -2.27. The Balaban J connectivity index is 0.843. The number of anilines is 2. The Labute approximate surface area is 378 Å². The van der Waals surface area contributed by atoms with Crippen molar-refractivity contribution in [2.75, 3.05) is 88.8 Å². The Morgan fingerprint density at radius 1 is 0.517 bits per heavy atom. The average Bonchev–Trinajstić information content (AvgIpc) is 3.63. The van der Waals surface area contributed by atoms with E-state index >= 15 is 0 Å². The highest BCUT2D eigenvalue weighted by Gasteiger charge is 2.34. The maximum atomic E-state index is 6.32. The molecule has 4 aromatic carbocycles. The second-order valence-electron chi connectivity index (χ2n) is 17.2. The molecule has 2 aliphatic heterocycles. The number of halogens is 2. The van der Waals surface area contributed by atoms with Crippen LogP contribution in [0.25, 0.3) is 12.2 Å². The standard InChI is InChI=1S/C50H62Cl2N6S2/c1-49(2)41-35-39(51)21-23-43(41)53-47(49)25-19-37-15-9-11-17-45(37)57(7)29-13-27-55(5)31-33-59-60-34-32-56(6)28-14-30-58(8)46-18-12-10-16-38(46)20-26-48-50(3,4)42-36-40(52)22-24-44(42)54-48/h9-12,15-26,35-36H,13-14,27-34H2,1-8H3/b25-19+,26-20+. The van der Waals surface area contributed by atoms with Gasteiger partial charge in [-0.2, -0.15) is 0 Å². The smallest absolute Gasteiger partial charge is 0.0675 e. The maximum Gasteiger partial charge on any atom is 0.0675 e. The molecule has 2 heterocycles. The van der Waals surface area contributed by atoms with Crippen LogP contribution in [0.3, 0.4) is 0 Å². The van der Waals surface area contributed by atoms with Crippen LogP contribution in [0.5, 0.6) is 0 Å². The molecule has 0 bridgehead atoms. The van der Waals surface area contributed by atoms with Gasteiger partial charge in [-0.15, -0.1) is 0 Å². The van der Waals surface area contributed by atoms with Crippen LogP contribution in [0.4, 0.5) is 22.7 Å². The van der Waals surface area contributed by atoms with Gasteiger partial charge in [0.1, 0.15) is 0 Å². The molecular weight excluding hydrogens is 820 g/mol. The van der Waals surface area contributed by atoms with E-state index in [4.69, 9.17) is 33.2 Å². The lowest BCUT2D eigenvalue weighted by atomic mass is 9.81. The van der Waals surface area contributed by atoms with E-state index in [-0.39, 0.29) is 10.8 Å². The van der Waals surface area contributed by atoms with Crippen molar-refractivity contribution >= 4 is 91.1 Å². The van der Waals surface area contributed by atoms with Crippen molar-refractivity contribution in [3.05, 3.63) is 129 Å². The summed E-state index contributed by atoms with van der Waals surface area (Å²) in [5, 5.41) is 1.51. The molecule has 0 spiro atoms. The van der Waals surface area contributed by atoms with Gasteiger partial charge in [0.25, 0.3) is 0 Å². The van der Waals surface area contributed by atoms with Crippen molar-refractivity contribution in [2.45, 2.75) is 51.4 Å². The zero-order chi connectivity index (χ0) is 42.9. The average molecular weight is 882 g/mol. The molecule has 0 aliphatic carbocycles. The molecule has 0 saturated carbocycles. The number of fused-ring (bicyclic) bond motifs is 2. The van der Waals surface area contributed by atoms with Gasteiger partial charge in [-0.05, 0) is 123 Å². The fourth-order valence-electron chi connectivity index (χ4n) is 7.93. The van der Waals surface area contributed by atoms with Crippen LogP contribution in [0.1, 0.15) is 62.8 Å². The van der Waals surface area contributed by atoms with Crippen LogP contribution in [0.15, 0.2) is 107 Å². The minimum atomic E-state index is -0.184. The van der Waals surface area contributed by atoms with E-state index in [1.165, 1.54) is 33.6 Å². The Bertz CT molecular complexity index is 2060. The number of hydrogen-bond acceptors (Lipinski definition) is 8. The summed E-state index contributed by atoms with van der Waals surface area (Å²) in [6.07, 6.45) is 11.0. The Morgan fingerprint density at radius 3 is 1.33 bits per heavy atom. The molecule has 0 unspecified atom stereocenters. The van der Waals surface area contributed by atoms with Gasteiger partial charge in [0, 0.05) is 84.0 Å². The van der Waals surface area contributed by atoms with E-state index in [0.717, 1.165) is 96.5 Å². The fraction of sp³-hybridized carbons (Fsp3) is 0.400. The fourth-order valence-corrected chi connectivity index (χ4v) is 10.4. The highest BCUT2D eigenvalue weighted by Crippen LogP contribution is 2.43. The van der Waals surface area contributed by atoms with Crippen molar-refractivity contribution in [2.24, 2.45) is 9.98 Å². The summed E-state index contributed by atoms with van der Waals surface area (Å²) in [7, 11) is 12.9. The molecule has 0 atom stereocenters. The number of nitrogens with zero attached hydrogens (tertiary/aromatic N) is 6. The second kappa shape index (κ2) is 21.0. The van der Waals surface area contributed by atoms with Gasteiger partial charge in [0.15, 0.2) is 0 Å². The van der Waals surface area contributed by atoms with Crippen LogP contribution in [0.2, 0.25) is 10.0 Å². The van der Waals surface area contributed by atoms with E-state index in [0.29, 0.717) is 0 Å². The van der Waals surface area contributed by atoms with Gasteiger partial charge < -0.3 is 19.6 Å². The first-order valence-electron chi connectivity index (χ1n) is 21.1. The van der Waals surface area contributed by atoms with E-state index in [9.17, 15) is 0 Å². The molecule has 2 aliphatic rings. The summed E-state index contributed by atoms with van der Waals surface area (Å²) in [5.74, 6) is 2.27.